The molecule has 0 saturated carbocycles. The first-order chi connectivity index (χ1) is 12.6. The van der Waals surface area contributed by atoms with Crippen LogP contribution in [0.4, 0.5) is 5.69 Å². The summed E-state index contributed by atoms with van der Waals surface area (Å²) < 4.78 is 5.53. The van der Waals surface area contributed by atoms with E-state index in [4.69, 9.17) is 4.74 Å². The molecule has 0 aromatic heterocycles. The molecule has 3 aromatic carbocycles. The summed E-state index contributed by atoms with van der Waals surface area (Å²) >= 11 is 0. The van der Waals surface area contributed by atoms with E-state index in [1.54, 1.807) is 13.0 Å². The zero-order valence-corrected chi connectivity index (χ0v) is 15.1. The van der Waals surface area contributed by atoms with Gasteiger partial charge in [-0.25, -0.2) is 4.79 Å². The number of benzene rings is 3. The van der Waals surface area contributed by atoms with E-state index in [0.29, 0.717) is 11.3 Å². The van der Waals surface area contributed by atoms with Crippen LogP contribution in [-0.2, 0) is 4.79 Å². The number of ether oxygens (including phenoxy) is 1. The first-order valence-corrected chi connectivity index (χ1v) is 8.40. The van der Waals surface area contributed by atoms with Gasteiger partial charge in [0.25, 0.3) is 0 Å². The van der Waals surface area contributed by atoms with Gasteiger partial charge in [-0.1, -0.05) is 48.5 Å². The van der Waals surface area contributed by atoms with E-state index < -0.39 is 5.97 Å². The molecule has 0 heterocycles. The maximum absolute atomic E-state index is 12.3. The molecule has 0 radical (unpaired) electrons. The minimum atomic E-state index is -0.443. The van der Waals surface area contributed by atoms with E-state index in [1.807, 2.05) is 68.4 Å². The highest BCUT2D eigenvalue weighted by atomic mass is 16.5. The van der Waals surface area contributed by atoms with Gasteiger partial charge in [0.1, 0.15) is 5.75 Å². The number of nitrogens with zero attached hydrogens (tertiary/aromatic N) is 2. The first kappa shape index (κ1) is 17.5. The molecule has 0 bridgehead atoms. The van der Waals surface area contributed by atoms with Gasteiger partial charge >= 0.3 is 5.97 Å². The van der Waals surface area contributed by atoms with Crippen LogP contribution in [0.1, 0.15) is 18.1 Å². The van der Waals surface area contributed by atoms with Gasteiger partial charge in [-0.2, -0.15) is 10.2 Å². The lowest BCUT2D eigenvalue weighted by atomic mass is 10.1. The van der Waals surface area contributed by atoms with Gasteiger partial charge in [0.05, 0.1) is 17.5 Å². The Morgan fingerprint density at radius 2 is 1.69 bits per heavy atom. The van der Waals surface area contributed by atoms with E-state index in [9.17, 15) is 4.79 Å². The number of fused-ring (bicyclic) bond motifs is 1. The van der Waals surface area contributed by atoms with Gasteiger partial charge in [0, 0.05) is 5.39 Å². The number of carbonyl (C=O) groups is 1. The number of carbonyl (C=O) groups excluding carboxylic acids is 1. The van der Waals surface area contributed by atoms with Crippen LogP contribution in [0.3, 0.4) is 0 Å². The topological polar surface area (TPSA) is 51.0 Å². The monoisotopic (exact) mass is 344 g/mol. The van der Waals surface area contributed by atoms with Crippen LogP contribution < -0.4 is 4.74 Å². The molecule has 0 atom stereocenters. The van der Waals surface area contributed by atoms with Gasteiger partial charge in [-0.15, -0.1) is 0 Å². The molecule has 0 fully saturated rings. The Kier molecular flexibility index (Phi) is 5.23. The third-order valence-electron chi connectivity index (χ3n) is 4.27. The van der Waals surface area contributed by atoms with E-state index in [1.165, 1.54) is 6.20 Å². The van der Waals surface area contributed by atoms with Crippen molar-refractivity contribution >= 4 is 22.4 Å². The standard InChI is InChI=1S/C22H20N2O2/c1-15-8-6-12-20(17(15)3)24-23-14-16(2)22(25)26-21-13-7-10-18-9-4-5-11-19(18)21/h4-14H,1-3H3/b16-14+,24-23?. The highest BCUT2D eigenvalue weighted by Crippen LogP contribution is 2.26. The predicted octanol–water partition coefficient (Wildman–Crippen LogP) is 6.05. The number of esters is 1. The number of azo groups is 1. The fraction of sp³-hybridized carbons (Fsp3) is 0.136. The average molecular weight is 344 g/mol. The maximum Gasteiger partial charge on any atom is 0.340 e. The Morgan fingerprint density at radius 1 is 0.962 bits per heavy atom. The van der Waals surface area contributed by atoms with Gasteiger partial charge in [-0.3, -0.25) is 0 Å². The fourth-order valence-electron chi connectivity index (χ4n) is 2.54. The van der Waals surface area contributed by atoms with Crippen LogP contribution in [0.25, 0.3) is 10.8 Å². The van der Waals surface area contributed by atoms with Crippen molar-refractivity contribution in [3.8, 4) is 5.75 Å². The van der Waals surface area contributed by atoms with Crippen molar-refractivity contribution in [2.24, 2.45) is 10.2 Å². The van der Waals surface area contributed by atoms with E-state index in [0.717, 1.165) is 27.6 Å². The van der Waals surface area contributed by atoms with Crippen molar-refractivity contribution in [3.05, 3.63) is 83.6 Å². The SMILES string of the molecule is C/C(=C\N=Nc1cccc(C)c1C)C(=O)Oc1cccc2ccccc12. The Labute approximate surface area is 152 Å². The van der Waals surface area contributed by atoms with Crippen molar-refractivity contribution in [2.75, 3.05) is 0 Å². The van der Waals surface area contributed by atoms with Crippen molar-refractivity contribution < 1.29 is 9.53 Å². The summed E-state index contributed by atoms with van der Waals surface area (Å²) in [5.74, 6) is 0.0913. The second-order valence-electron chi connectivity index (χ2n) is 6.11. The average Bonchev–Trinajstić information content (AvgIpc) is 2.65. The number of aryl methyl sites for hydroxylation is 1. The number of hydrogen-bond acceptors (Lipinski definition) is 4. The summed E-state index contributed by atoms with van der Waals surface area (Å²) in [5.41, 5.74) is 3.39. The zero-order valence-electron chi connectivity index (χ0n) is 15.1. The lowest BCUT2D eigenvalue weighted by Crippen LogP contribution is -2.09. The Balaban J connectivity index is 1.76. The van der Waals surface area contributed by atoms with Crippen LogP contribution in [-0.4, -0.2) is 5.97 Å². The summed E-state index contributed by atoms with van der Waals surface area (Å²) in [7, 11) is 0. The van der Waals surface area contributed by atoms with Gasteiger partial charge < -0.3 is 4.74 Å². The molecule has 4 heteroatoms. The smallest absolute Gasteiger partial charge is 0.340 e. The quantitative estimate of drug-likeness (QED) is 0.250. The summed E-state index contributed by atoms with van der Waals surface area (Å²) in [6.07, 6.45) is 1.43. The third-order valence-corrected chi connectivity index (χ3v) is 4.27. The van der Waals surface area contributed by atoms with Gasteiger partial charge in [0.15, 0.2) is 0 Å². The van der Waals surface area contributed by atoms with E-state index in [-0.39, 0.29) is 0 Å². The van der Waals surface area contributed by atoms with Crippen molar-refractivity contribution in [3.63, 3.8) is 0 Å². The number of hydrogen-bond donors (Lipinski definition) is 0. The molecule has 130 valence electrons. The molecule has 0 aliphatic rings. The molecule has 3 aromatic rings. The molecule has 0 saturated heterocycles. The molecule has 3 rings (SSSR count). The molecular formula is C22H20N2O2. The van der Waals surface area contributed by atoms with Crippen LogP contribution in [0, 0.1) is 13.8 Å². The highest BCUT2D eigenvalue weighted by molar-refractivity contribution is 5.94. The largest absolute Gasteiger partial charge is 0.422 e. The molecule has 26 heavy (non-hydrogen) atoms. The lowest BCUT2D eigenvalue weighted by Gasteiger charge is -2.07. The Hall–Kier alpha value is -3.27. The maximum atomic E-state index is 12.3. The second-order valence-corrected chi connectivity index (χ2v) is 6.11. The van der Waals surface area contributed by atoms with Crippen LogP contribution in [0.2, 0.25) is 0 Å². The van der Waals surface area contributed by atoms with Crippen LogP contribution in [0.15, 0.2) is 82.7 Å². The molecule has 0 spiro atoms. The van der Waals surface area contributed by atoms with E-state index >= 15 is 0 Å². The summed E-state index contributed by atoms with van der Waals surface area (Å²) in [6, 6.07) is 19.3. The van der Waals surface area contributed by atoms with E-state index in [2.05, 4.69) is 10.2 Å². The Morgan fingerprint density at radius 3 is 2.54 bits per heavy atom. The van der Waals surface area contributed by atoms with Crippen molar-refractivity contribution in [1.82, 2.24) is 0 Å². The molecule has 0 aliphatic carbocycles. The normalized spacial score (nSPS) is 11.9. The van der Waals surface area contributed by atoms with Crippen molar-refractivity contribution in [1.29, 1.82) is 0 Å². The van der Waals surface area contributed by atoms with Crippen LogP contribution >= 0.6 is 0 Å². The summed E-state index contributed by atoms with van der Waals surface area (Å²) in [4.78, 5) is 12.3. The third kappa shape index (κ3) is 3.86. The van der Waals surface area contributed by atoms with Crippen LogP contribution in [0.5, 0.6) is 5.75 Å². The molecule has 0 aliphatic heterocycles. The first-order valence-electron chi connectivity index (χ1n) is 8.40. The fourth-order valence-corrected chi connectivity index (χ4v) is 2.54. The summed E-state index contributed by atoms with van der Waals surface area (Å²) in [6.45, 7) is 5.68. The minimum Gasteiger partial charge on any atom is -0.422 e. The van der Waals surface area contributed by atoms with Gasteiger partial charge in [0.2, 0.25) is 0 Å². The lowest BCUT2D eigenvalue weighted by molar-refractivity contribution is -0.130. The zero-order chi connectivity index (χ0) is 18.5. The predicted molar refractivity (Wildman–Crippen MR) is 104 cm³/mol. The minimum absolute atomic E-state index is 0.381. The molecule has 0 unspecified atom stereocenters. The highest BCUT2D eigenvalue weighted by Gasteiger charge is 2.10. The molecule has 4 nitrogen and oxygen atoms in total. The molecule has 0 amide bonds. The van der Waals surface area contributed by atoms with Gasteiger partial charge in [-0.05, 0) is 49.4 Å². The summed E-state index contributed by atoms with van der Waals surface area (Å²) in [5, 5.41) is 10.1. The number of rotatable bonds is 4. The molecular weight excluding hydrogens is 324 g/mol. The second kappa shape index (κ2) is 7.74. The van der Waals surface area contributed by atoms with Crippen molar-refractivity contribution in [2.45, 2.75) is 20.8 Å². The molecule has 0 N–H and O–H groups in total. The Bertz CT molecular complexity index is 1010.